The van der Waals surface area contributed by atoms with Crippen molar-refractivity contribution in [3.05, 3.63) is 29.0 Å². The van der Waals surface area contributed by atoms with Gasteiger partial charge >= 0.3 is 0 Å². The lowest BCUT2D eigenvalue weighted by Gasteiger charge is -2.26. The van der Waals surface area contributed by atoms with Gasteiger partial charge in [-0.05, 0) is 25.5 Å². The molecule has 100 valence electrons. The highest BCUT2D eigenvalue weighted by Gasteiger charge is 2.23. The number of nitrogens with zero attached hydrogens (tertiary/aromatic N) is 1. The third-order valence-corrected chi connectivity index (χ3v) is 2.73. The molecule has 0 radical (unpaired) electrons. The van der Waals surface area contributed by atoms with Crippen LogP contribution in [0.1, 0.15) is 19.4 Å². The van der Waals surface area contributed by atoms with Crippen LogP contribution in [0.2, 0.25) is 5.15 Å². The van der Waals surface area contributed by atoms with Crippen molar-refractivity contribution in [1.29, 1.82) is 0 Å². The monoisotopic (exact) mass is 290 g/mol. The zero-order chi connectivity index (χ0) is 13.6. The summed E-state index contributed by atoms with van der Waals surface area (Å²) in [5.41, 5.74) is 0.344. The molecule has 0 aliphatic rings. The summed E-state index contributed by atoms with van der Waals surface area (Å²) < 4.78 is 5.06. The van der Waals surface area contributed by atoms with Crippen LogP contribution >= 0.6 is 23.2 Å². The number of alkyl halides is 1. The molecule has 0 atom stereocenters. The minimum atomic E-state index is -0.529. The van der Waals surface area contributed by atoms with E-state index in [1.165, 1.54) is 0 Å². The molecule has 1 N–H and O–H groups in total. The van der Waals surface area contributed by atoms with Gasteiger partial charge in [-0.25, -0.2) is 4.98 Å². The second kappa shape index (κ2) is 6.92. The first-order valence-electron chi connectivity index (χ1n) is 5.52. The fourth-order valence-electron chi connectivity index (χ4n) is 1.42. The number of halogens is 2. The average molecular weight is 291 g/mol. The summed E-state index contributed by atoms with van der Waals surface area (Å²) in [6.07, 6.45) is 1.64. The molecule has 0 saturated carbocycles. The van der Waals surface area contributed by atoms with Crippen LogP contribution in [0.3, 0.4) is 0 Å². The van der Waals surface area contributed by atoms with Crippen LogP contribution in [0.25, 0.3) is 0 Å². The summed E-state index contributed by atoms with van der Waals surface area (Å²) in [4.78, 5) is 15.6. The number of carbonyl (C=O) groups excluding carboxylic acids is 1. The molecular weight excluding hydrogens is 275 g/mol. The Morgan fingerprint density at radius 2 is 2.22 bits per heavy atom. The molecule has 1 aromatic heterocycles. The molecule has 4 nitrogen and oxygen atoms in total. The Morgan fingerprint density at radius 1 is 1.50 bits per heavy atom. The molecule has 0 bridgehead atoms. The van der Waals surface area contributed by atoms with E-state index in [0.29, 0.717) is 17.6 Å². The van der Waals surface area contributed by atoms with E-state index in [-0.39, 0.29) is 12.5 Å². The van der Waals surface area contributed by atoms with Gasteiger partial charge in [0.25, 0.3) is 0 Å². The molecule has 0 aliphatic heterocycles. The van der Waals surface area contributed by atoms with Gasteiger partial charge in [-0.15, -0.1) is 11.6 Å². The molecule has 1 rings (SSSR count). The zero-order valence-corrected chi connectivity index (χ0v) is 11.9. The van der Waals surface area contributed by atoms with Gasteiger partial charge in [-0.1, -0.05) is 17.7 Å². The molecule has 1 aromatic rings. The lowest BCUT2D eigenvalue weighted by Crippen LogP contribution is -2.42. The van der Waals surface area contributed by atoms with E-state index in [1.54, 1.807) is 12.3 Å². The summed E-state index contributed by atoms with van der Waals surface area (Å²) in [5.74, 6) is 0.178. The summed E-state index contributed by atoms with van der Waals surface area (Å²) in [7, 11) is 0. The van der Waals surface area contributed by atoms with Crippen LogP contribution in [0.4, 0.5) is 0 Å². The SMILES string of the molecule is CC(C)(NC(=O)COCCCl)c1ccc(Cl)nc1. The van der Waals surface area contributed by atoms with Crippen molar-refractivity contribution < 1.29 is 9.53 Å². The number of rotatable bonds is 6. The highest BCUT2D eigenvalue weighted by molar-refractivity contribution is 6.29. The van der Waals surface area contributed by atoms with E-state index < -0.39 is 5.54 Å². The molecule has 1 heterocycles. The Hall–Kier alpha value is -0.840. The quantitative estimate of drug-likeness (QED) is 0.497. The summed E-state index contributed by atoms with van der Waals surface area (Å²) in [6, 6.07) is 3.52. The molecule has 0 aliphatic carbocycles. The highest BCUT2D eigenvalue weighted by atomic mass is 35.5. The second-order valence-electron chi connectivity index (χ2n) is 4.28. The molecule has 1 amide bonds. The van der Waals surface area contributed by atoms with Gasteiger partial charge < -0.3 is 10.1 Å². The number of carbonyl (C=O) groups is 1. The molecule has 18 heavy (non-hydrogen) atoms. The number of hydrogen-bond acceptors (Lipinski definition) is 3. The number of ether oxygens (including phenoxy) is 1. The van der Waals surface area contributed by atoms with Crippen LogP contribution < -0.4 is 5.32 Å². The molecule has 0 aromatic carbocycles. The van der Waals surface area contributed by atoms with Crippen molar-refractivity contribution in [2.24, 2.45) is 0 Å². The van der Waals surface area contributed by atoms with Gasteiger partial charge in [-0.2, -0.15) is 0 Å². The Labute approximate surface area is 117 Å². The first-order valence-corrected chi connectivity index (χ1v) is 6.43. The molecule has 0 spiro atoms. The molecule has 6 heteroatoms. The Morgan fingerprint density at radius 3 is 2.78 bits per heavy atom. The van der Waals surface area contributed by atoms with Crippen LogP contribution in [-0.2, 0) is 15.1 Å². The standard InChI is InChI=1S/C12H16Cl2N2O2/c1-12(2,9-3-4-10(14)15-7-9)16-11(17)8-18-6-5-13/h3-4,7H,5-6,8H2,1-2H3,(H,16,17). The van der Waals surface area contributed by atoms with Crippen molar-refractivity contribution in [1.82, 2.24) is 10.3 Å². The summed E-state index contributed by atoms with van der Waals surface area (Å²) >= 11 is 11.2. The third-order valence-electron chi connectivity index (χ3n) is 2.36. The first-order chi connectivity index (χ1) is 8.45. The van der Waals surface area contributed by atoms with Crippen molar-refractivity contribution in [2.75, 3.05) is 19.1 Å². The molecule has 0 saturated heterocycles. The van der Waals surface area contributed by atoms with E-state index in [2.05, 4.69) is 10.3 Å². The predicted molar refractivity (Wildman–Crippen MR) is 72.0 cm³/mol. The van der Waals surface area contributed by atoms with Gasteiger partial charge in [0.1, 0.15) is 11.8 Å². The number of pyridine rings is 1. The molecule has 0 fully saturated rings. The van der Waals surface area contributed by atoms with Gasteiger partial charge in [0.05, 0.1) is 12.1 Å². The van der Waals surface area contributed by atoms with Crippen LogP contribution in [0, 0.1) is 0 Å². The van der Waals surface area contributed by atoms with E-state index >= 15 is 0 Å². The maximum absolute atomic E-state index is 11.6. The maximum Gasteiger partial charge on any atom is 0.246 e. The van der Waals surface area contributed by atoms with Crippen molar-refractivity contribution in [3.63, 3.8) is 0 Å². The third kappa shape index (κ3) is 4.80. The van der Waals surface area contributed by atoms with Crippen LogP contribution in [-0.4, -0.2) is 30.0 Å². The Kier molecular flexibility index (Phi) is 5.85. The van der Waals surface area contributed by atoms with Crippen LogP contribution in [0.15, 0.2) is 18.3 Å². The van der Waals surface area contributed by atoms with Crippen molar-refractivity contribution >= 4 is 29.1 Å². The smallest absolute Gasteiger partial charge is 0.246 e. The highest BCUT2D eigenvalue weighted by Crippen LogP contribution is 2.20. The van der Waals surface area contributed by atoms with Gasteiger partial charge in [0.15, 0.2) is 0 Å². The fourth-order valence-corrected chi connectivity index (χ4v) is 1.64. The van der Waals surface area contributed by atoms with Gasteiger partial charge in [0, 0.05) is 12.1 Å². The Bertz CT molecular complexity index is 394. The first kappa shape index (κ1) is 15.2. The van der Waals surface area contributed by atoms with Crippen molar-refractivity contribution in [2.45, 2.75) is 19.4 Å². The minimum Gasteiger partial charge on any atom is -0.370 e. The van der Waals surface area contributed by atoms with E-state index in [1.807, 2.05) is 19.9 Å². The number of amides is 1. The van der Waals surface area contributed by atoms with Crippen molar-refractivity contribution in [3.8, 4) is 0 Å². The average Bonchev–Trinajstić information content (AvgIpc) is 2.29. The maximum atomic E-state index is 11.6. The normalized spacial score (nSPS) is 11.3. The van der Waals surface area contributed by atoms with E-state index in [4.69, 9.17) is 27.9 Å². The summed E-state index contributed by atoms with van der Waals surface area (Å²) in [5, 5.41) is 3.28. The lowest BCUT2D eigenvalue weighted by atomic mass is 9.96. The predicted octanol–water partition coefficient (Wildman–Crippen LogP) is 2.34. The minimum absolute atomic E-state index is 0.00281. The number of nitrogens with one attached hydrogen (secondary N) is 1. The molecular formula is C12H16Cl2N2O2. The second-order valence-corrected chi connectivity index (χ2v) is 5.05. The number of aromatic nitrogens is 1. The van der Waals surface area contributed by atoms with Gasteiger partial charge in [-0.3, -0.25) is 4.79 Å². The zero-order valence-electron chi connectivity index (χ0n) is 10.4. The van der Waals surface area contributed by atoms with E-state index in [9.17, 15) is 4.79 Å². The van der Waals surface area contributed by atoms with Crippen LogP contribution in [0.5, 0.6) is 0 Å². The Balaban J connectivity index is 2.58. The molecule has 0 unspecified atom stereocenters. The largest absolute Gasteiger partial charge is 0.370 e. The van der Waals surface area contributed by atoms with Gasteiger partial charge in [0.2, 0.25) is 5.91 Å². The lowest BCUT2D eigenvalue weighted by molar-refractivity contribution is -0.127. The topological polar surface area (TPSA) is 51.2 Å². The van der Waals surface area contributed by atoms with E-state index in [0.717, 1.165) is 5.56 Å². The summed E-state index contributed by atoms with van der Waals surface area (Å²) in [6.45, 7) is 4.13. The fraction of sp³-hybridized carbons (Fsp3) is 0.500. The number of hydrogen-bond donors (Lipinski definition) is 1.